The number of esters is 1. The Kier molecular flexibility index (Phi) is 5.84. The van der Waals surface area contributed by atoms with Crippen molar-refractivity contribution in [3.05, 3.63) is 46.0 Å². The Balaban J connectivity index is 2.51. The standard InChI is InChI=1S/C17H18N2O7/c1-23-14-7-10(8-15(24-2)16(14)25-3)18-13-6-5-11(19(21)22)9-12(13)17(20)26-4/h5-9,18H,1-4H3. The molecular formula is C17H18N2O7. The van der Waals surface area contributed by atoms with Gasteiger partial charge in [0.05, 0.1) is 44.6 Å². The Labute approximate surface area is 149 Å². The topological polar surface area (TPSA) is 109 Å². The molecule has 0 aliphatic heterocycles. The molecule has 9 heteroatoms. The molecule has 0 atom stereocenters. The molecule has 2 aromatic carbocycles. The van der Waals surface area contributed by atoms with E-state index in [-0.39, 0.29) is 11.3 Å². The van der Waals surface area contributed by atoms with Crippen LogP contribution in [-0.4, -0.2) is 39.3 Å². The Morgan fingerprint density at radius 3 is 2.08 bits per heavy atom. The Hall–Kier alpha value is -3.49. The van der Waals surface area contributed by atoms with Gasteiger partial charge in [-0.2, -0.15) is 0 Å². The van der Waals surface area contributed by atoms with E-state index in [0.29, 0.717) is 28.6 Å². The van der Waals surface area contributed by atoms with Gasteiger partial charge in [0.25, 0.3) is 5.69 Å². The van der Waals surface area contributed by atoms with Gasteiger partial charge in [0, 0.05) is 30.0 Å². The molecule has 26 heavy (non-hydrogen) atoms. The highest BCUT2D eigenvalue weighted by Gasteiger charge is 2.19. The lowest BCUT2D eigenvalue weighted by molar-refractivity contribution is -0.384. The van der Waals surface area contributed by atoms with Crippen LogP contribution in [0, 0.1) is 10.1 Å². The van der Waals surface area contributed by atoms with Gasteiger partial charge in [0.2, 0.25) is 5.75 Å². The van der Waals surface area contributed by atoms with E-state index in [9.17, 15) is 14.9 Å². The van der Waals surface area contributed by atoms with Crippen molar-refractivity contribution in [2.45, 2.75) is 0 Å². The Bertz CT molecular complexity index is 811. The molecule has 0 fully saturated rings. The summed E-state index contributed by atoms with van der Waals surface area (Å²) < 4.78 is 20.5. The number of carbonyl (C=O) groups is 1. The van der Waals surface area contributed by atoms with Crippen molar-refractivity contribution in [3.8, 4) is 17.2 Å². The van der Waals surface area contributed by atoms with Gasteiger partial charge in [0.1, 0.15) is 0 Å². The van der Waals surface area contributed by atoms with Gasteiger partial charge in [-0.25, -0.2) is 4.79 Å². The number of hydrogen-bond donors (Lipinski definition) is 1. The maximum atomic E-state index is 12.0. The van der Waals surface area contributed by atoms with Crippen molar-refractivity contribution in [2.24, 2.45) is 0 Å². The van der Waals surface area contributed by atoms with Crippen molar-refractivity contribution in [1.82, 2.24) is 0 Å². The first-order valence-corrected chi connectivity index (χ1v) is 7.39. The Morgan fingerprint density at radius 2 is 1.62 bits per heavy atom. The number of methoxy groups -OCH3 is 4. The average molecular weight is 362 g/mol. The van der Waals surface area contributed by atoms with Crippen molar-refractivity contribution >= 4 is 23.0 Å². The van der Waals surface area contributed by atoms with Crippen LogP contribution < -0.4 is 19.5 Å². The number of anilines is 2. The summed E-state index contributed by atoms with van der Waals surface area (Å²) in [5, 5.41) is 14.0. The molecule has 0 unspecified atom stereocenters. The van der Waals surface area contributed by atoms with E-state index < -0.39 is 10.9 Å². The first-order chi connectivity index (χ1) is 12.4. The van der Waals surface area contributed by atoms with Crippen molar-refractivity contribution < 1.29 is 28.7 Å². The summed E-state index contributed by atoms with van der Waals surface area (Å²) >= 11 is 0. The van der Waals surface area contributed by atoms with Crippen molar-refractivity contribution in [1.29, 1.82) is 0 Å². The zero-order chi connectivity index (χ0) is 19.3. The van der Waals surface area contributed by atoms with E-state index in [2.05, 4.69) is 5.32 Å². The van der Waals surface area contributed by atoms with Crippen LogP contribution in [0.15, 0.2) is 30.3 Å². The van der Waals surface area contributed by atoms with E-state index in [1.807, 2.05) is 0 Å². The normalized spacial score (nSPS) is 10.0. The van der Waals surface area contributed by atoms with Crippen LogP contribution in [0.4, 0.5) is 17.1 Å². The summed E-state index contributed by atoms with van der Waals surface area (Å²) in [6.45, 7) is 0. The number of rotatable bonds is 7. The lowest BCUT2D eigenvalue weighted by Gasteiger charge is -2.16. The maximum Gasteiger partial charge on any atom is 0.340 e. The van der Waals surface area contributed by atoms with Crippen molar-refractivity contribution in [3.63, 3.8) is 0 Å². The quantitative estimate of drug-likeness (QED) is 0.454. The number of nitro benzene ring substituents is 1. The molecule has 2 aromatic rings. The minimum atomic E-state index is -0.705. The van der Waals surface area contributed by atoms with E-state index in [1.165, 1.54) is 40.6 Å². The minimum Gasteiger partial charge on any atom is -0.493 e. The lowest BCUT2D eigenvalue weighted by Crippen LogP contribution is -2.07. The van der Waals surface area contributed by atoms with Crippen LogP contribution in [-0.2, 0) is 4.74 Å². The molecule has 0 heterocycles. The number of ether oxygens (including phenoxy) is 4. The second-order valence-corrected chi connectivity index (χ2v) is 5.02. The van der Waals surface area contributed by atoms with E-state index in [0.717, 1.165) is 6.07 Å². The number of non-ortho nitro benzene ring substituents is 1. The lowest BCUT2D eigenvalue weighted by atomic mass is 10.1. The molecule has 0 aliphatic carbocycles. The smallest absolute Gasteiger partial charge is 0.340 e. The van der Waals surface area contributed by atoms with Crippen LogP contribution in [0.3, 0.4) is 0 Å². The first-order valence-electron chi connectivity index (χ1n) is 7.39. The molecule has 0 spiro atoms. The van der Waals surface area contributed by atoms with Crippen LogP contribution in [0.2, 0.25) is 0 Å². The summed E-state index contributed by atoms with van der Waals surface area (Å²) in [6.07, 6.45) is 0. The number of nitrogens with one attached hydrogen (secondary N) is 1. The van der Waals surface area contributed by atoms with E-state index in [4.69, 9.17) is 18.9 Å². The van der Waals surface area contributed by atoms with Crippen LogP contribution >= 0.6 is 0 Å². The number of benzene rings is 2. The predicted octanol–water partition coefficient (Wildman–Crippen LogP) is 3.15. The zero-order valence-corrected chi connectivity index (χ0v) is 14.7. The fourth-order valence-electron chi connectivity index (χ4n) is 2.34. The van der Waals surface area contributed by atoms with Gasteiger partial charge in [-0.05, 0) is 6.07 Å². The highest BCUT2D eigenvalue weighted by Crippen LogP contribution is 2.41. The molecule has 0 saturated heterocycles. The Morgan fingerprint density at radius 1 is 1.00 bits per heavy atom. The summed E-state index contributed by atoms with van der Waals surface area (Å²) in [5.41, 5.74) is 0.659. The fraction of sp³-hybridized carbons (Fsp3) is 0.235. The summed E-state index contributed by atoms with van der Waals surface area (Å²) in [4.78, 5) is 22.4. The molecule has 1 N–H and O–H groups in total. The number of nitro groups is 1. The fourth-order valence-corrected chi connectivity index (χ4v) is 2.34. The minimum absolute atomic E-state index is 0.0236. The molecule has 9 nitrogen and oxygen atoms in total. The van der Waals surface area contributed by atoms with Gasteiger partial charge in [-0.1, -0.05) is 0 Å². The highest BCUT2D eigenvalue weighted by atomic mass is 16.6. The molecule has 2 rings (SSSR count). The number of carbonyl (C=O) groups excluding carboxylic acids is 1. The third kappa shape index (κ3) is 3.77. The molecule has 0 saturated carbocycles. The highest BCUT2D eigenvalue weighted by molar-refractivity contribution is 5.97. The van der Waals surface area contributed by atoms with Crippen molar-refractivity contribution in [2.75, 3.05) is 33.8 Å². The van der Waals surface area contributed by atoms with Crippen LogP contribution in [0.1, 0.15) is 10.4 Å². The molecular weight excluding hydrogens is 344 g/mol. The summed E-state index contributed by atoms with van der Waals surface area (Å²) in [7, 11) is 5.64. The van der Waals surface area contributed by atoms with E-state index >= 15 is 0 Å². The number of hydrogen-bond acceptors (Lipinski definition) is 8. The largest absolute Gasteiger partial charge is 0.493 e. The molecule has 0 amide bonds. The predicted molar refractivity (Wildman–Crippen MR) is 93.8 cm³/mol. The first kappa shape index (κ1) is 18.8. The van der Waals surface area contributed by atoms with Gasteiger partial charge < -0.3 is 24.3 Å². The third-order valence-corrected chi connectivity index (χ3v) is 3.56. The second-order valence-electron chi connectivity index (χ2n) is 5.02. The van der Waals surface area contributed by atoms with Crippen LogP contribution in [0.5, 0.6) is 17.2 Å². The maximum absolute atomic E-state index is 12.0. The van der Waals surface area contributed by atoms with Gasteiger partial charge >= 0.3 is 5.97 Å². The van der Waals surface area contributed by atoms with Gasteiger partial charge in [0.15, 0.2) is 11.5 Å². The average Bonchev–Trinajstić information content (AvgIpc) is 2.66. The third-order valence-electron chi connectivity index (χ3n) is 3.56. The zero-order valence-electron chi connectivity index (χ0n) is 14.7. The monoisotopic (exact) mass is 362 g/mol. The number of nitrogens with zero attached hydrogens (tertiary/aromatic N) is 1. The second kappa shape index (κ2) is 8.06. The molecule has 0 bridgehead atoms. The van der Waals surface area contributed by atoms with Gasteiger partial charge in [-0.15, -0.1) is 0 Å². The molecule has 138 valence electrons. The molecule has 0 aromatic heterocycles. The SMILES string of the molecule is COC(=O)c1cc([N+](=O)[O-])ccc1Nc1cc(OC)c(OC)c(OC)c1. The summed E-state index contributed by atoms with van der Waals surface area (Å²) in [6, 6.07) is 7.14. The summed E-state index contributed by atoms with van der Waals surface area (Å²) in [5.74, 6) is 0.535. The van der Waals surface area contributed by atoms with Crippen LogP contribution in [0.25, 0.3) is 0 Å². The molecule has 0 aliphatic rings. The van der Waals surface area contributed by atoms with Gasteiger partial charge in [-0.3, -0.25) is 10.1 Å². The van der Waals surface area contributed by atoms with E-state index in [1.54, 1.807) is 12.1 Å². The molecule has 0 radical (unpaired) electrons.